The van der Waals surface area contributed by atoms with Gasteiger partial charge >= 0.3 is 6.09 Å². The van der Waals surface area contributed by atoms with Crippen LogP contribution >= 0.6 is 0 Å². The minimum Gasteiger partial charge on any atom is -0.444 e. The van der Waals surface area contributed by atoms with Crippen molar-refractivity contribution in [2.75, 3.05) is 0 Å². The van der Waals surface area contributed by atoms with Crippen LogP contribution in [0.1, 0.15) is 31.2 Å². The fourth-order valence-corrected chi connectivity index (χ4v) is 2.29. The molecule has 1 fully saturated rings. The number of hydrogen-bond donors (Lipinski definition) is 0. The van der Waals surface area contributed by atoms with Crippen LogP contribution in [0.2, 0.25) is 0 Å². The molecule has 5 nitrogen and oxygen atoms in total. The smallest absolute Gasteiger partial charge is 0.417 e. The molecule has 2 rings (SSSR count). The maximum atomic E-state index is 12.0. The second-order valence-corrected chi connectivity index (χ2v) is 4.69. The van der Waals surface area contributed by atoms with Crippen LogP contribution < -0.4 is 0 Å². The largest absolute Gasteiger partial charge is 0.444 e. The van der Waals surface area contributed by atoms with Crippen molar-refractivity contribution in [1.29, 1.82) is 5.26 Å². The lowest BCUT2D eigenvalue weighted by molar-refractivity contribution is -0.127. The lowest BCUT2D eigenvalue weighted by Crippen LogP contribution is -2.38. The van der Waals surface area contributed by atoms with Gasteiger partial charge in [0.05, 0.1) is 6.07 Å². The standard InChI is InChI=1S/C15H16N2O3/c16-10-4-7-13-8-9-14(18)17(13)15(19)20-11-12-5-2-1-3-6-12/h1-3,5-6,13H,4,7-9,11H2. The van der Waals surface area contributed by atoms with E-state index in [2.05, 4.69) is 0 Å². The number of ether oxygens (including phenoxy) is 1. The quantitative estimate of drug-likeness (QED) is 0.844. The number of nitrogens with zero attached hydrogens (tertiary/aromatic N) is 2. The molecule has 0 N–H and O–H groups in total. The number of likely N-dealkylation sites (tertiary alicyclic amines) is 1. The van der Waals surface area contributed by atoms with Crippen LogP contribution in [0.5, 0.6) is 0 Å². The summed E-state index contributed by atoms with van der Waals surface area (Å²) in [6.07, 6.45) is 1.19. The highest BCUT2D eigenvalue weighted by Gasteiger charge is 2.36. The van der Waals surface area contributed by atoms with Gasteiger partial charge in [-0.2, -0.15) is 5.26 Å². The number of rotatable bonds is 4. The molecule has 1 aromatic rings. The van der Waals surface area contributed by atoms with Crippen molar-refractivity contribution in [3.63, 3.8) is 0 Å². The number of nitriles is 1. The Kier molecular flexibility index (Phi) is 4.72. The summed E-state index contributed by atoms with van der Waals surface area (Å²) in [5.41, 5.74) is 0.876. The molecule has 0 aliphatic carbocycles. The van der Waals surface area contributed by atoms with Crippen molar-refractivity contribution in [3.8, 4) is 6.07 Å². The normalized spacial score (nSPS) is 17.9. The summed E-state index contributed by atoms with van der Waals surface area (Å²) in [7, 11) is 0. The van der Waals surface area contributed by atoms with Crippen LogP contribution in [0, 0.1) is 11.3 Å². The molecule has 1 aliphatic heterocycles. The monoisotopic (exact) mass is 272 g/mol. The molecule has 1 aromatic carbocycles. The molecule has 0 bridgehead atoms. The molecule has 20 heavy (non-hydrogen) atoms. The first-order valence-corrected chi connectivity index (χ1v) is 6.62. The third-order valence-corrected chi connectivity index (χ3v) is 3.32. The van der Waals surface area contributed by atoms with Crippen molar-refractivity contribution in [2.45, 2.75) is 38.3 Å². The molecular weight excluding hydrogens is 256 g/mol. The van der Waals surface area contributed by atoms with Crippen LogP contribution in [0.4, 0.5) is 4.79 Å². The zero-order valence-electron chi connectivity index (χ0n) is 11.1. The predicted molar refractivity (Wildman–Crippen MR) is 71.3 cm³/mol. The van der Waals surface area contributed by atoms with Gasteiger partial charge in [-0.1, -0.05) is 30.3 Å². The van der Waals surface area contributed by atoms with E-state index in [1.54, 1.807) is 0 Å². The molecule has 1 unspecified atom stereocenters. The van der Waals surface area contributed by atoms with Gasteiger partial charge in [0.25, 0.3) is 0 Å². The maximum absolute atomic E-state index is 12.0. The fraction of sp³-hybridized carbons (Fsp3) is 0.400. The topological polar surface area (TPSA) is 70.4 Å². The molecule has 1 aliphatic rings. The lowest BCUT2D eigenvalue weighted by Gasteiger charge is -2.21. The molecular formula is C15H16N2O3. The SMILES string of the molecule is N#CCCC1CCC(=O)N1C(=O)OCc1ccccc1. The molecule has 5 heteroatoms. The molecule has 104 valence electrons. The number of hydrogen-bond acceptors (Lipinski definition) is 4. The van der Waals surface area contributed by atoms with E-state index >= 15 is 0 Å². The summed E-state index contributed by atoms with van der Waals surface area (Å²) >= 11 is 0. The van der Waals surface area contributed by atoms with Crippen LogP contribution in [0.25, 0.3) is 0 Å². The van der Waals surface area contributed by atoms with Gasteiger partial charge in [0, 0.05) is 18.9 Å². The highest BCUT2D eigenvalue weighted by atomic mass is 16.6. The van der Waals surface area contributed by atoms with Crippen LogP contribution in [0.15, 0.2) is 30.3 Å². The predicted octanol–water partition coefficient (Wildman–Crippen LogP) is 2.62. The Morgan fingerprint density at radius 3 is 2.85 bits per heavy atom. The van der Waals surface area contributed by atoms with Crippen LogP contribution in [0.3, 0.4) is 0 Å². The Morgan fingerprint density at radius 2 is 2.15 bits per heavy atom. The number of benzene rings is 1. The van der Waals surface area contributed by atoms with E-state index in [9.17, 15) is 9.59 Å². The molecule has 1 saturated heterocycles. The summed E-state index contributed by atoms with van der Waals surface area (Å²) in [4.78, 5) is 24.9. The van der Waals surface area contributed by atoms with Gasteiger partial charge in [-0.3, -0.25) is 4.79 Å². The first-order valence-electron chi connectivity index (χ1n) is 6.62. The number of carbonyl (C=O) groups is 2. The third kappa shape index (κ3) is 3.35. The van der Waals surface area contributed by atoms with Gasteiger partial charge in [-0.05, 0) is 18.4 Å². The van der Waals surface area contributed by atoms with Crippen molar-refractivity contribution in [2.24, 2.45) is 0 Å². The van der Waals surface area contributed by atoms with Gasteiger partial charge in [-0.25, -0.2) is 9.69 Å². The first-order chi connectivity index (χ1) is 9.72. The average molecular weight is 272 g/mol. The number of carbonyl (C=O) groups excluding carboxylic acids is 2. The van der Waals surface area contributed by atoms with E-state index in [0.29, 0.717) is 25.7 Å². The molecule has 0 radical (unpaired) electrons. The van der Waals surface area contributed by atoms with Gasteiger partial charge in [0.15, 0.2) is 0 Å². The summed E-state index contributed by atoms with van der Waals surface area (Å²) in [6.45, 7) is 0.147. The number of imide groups is 1. The molecule has 0 saturated carbocycles. The van der Waals surface area contributed by atoms with Crippen molar-refractivity contribution >= 4 is 12.0 Å². The molecule has 0 aromatic heterocycles. The Morgan fingerprint density at radius 1 is 1.40 bits per heavy atom. The van der Waals surface area contributed by atoms with Gasteiger partial charge < -0.3 is 4.74 Å². The van der Waals surface area contributed by atoms with E-state index in [4.69, 9.17) is 10.00 Å². The Bertz CT molecular complexity index is 522. The van der Waals surface area contributed by atoms with Gasteiger partial charge in [-0.15, -0.1) is 0 Å². The minimum absolute atomic E-state index is 0.147. The van der Waals surface area contributed by atoms with E-state index in [1.165, 1.54) is 4.90 Å². The number of amides is 2. The first kappa shape index (κ1) is 14.1. The van der Waals surface area contributed by atoms with Crippen molar-refractivity contribution in [3.05, 3.63) is 35.9 Å². The summed E-state index contributed by atoms with van der Waals surface area (Å²) in [5, 5.41) is 8.60. The average Bonchev–Trinajstić information content (AvgIpc) is 2.84. The van der Waals surface area contributed by atoms with Crippen molar-refractivity contribution in [1.82, 2.24) is 4.90 Å². The zero-order valence-corrected chi connectivity index (χ0v) is 11.1. The van der Waals surface area contributed by atoms with E-state index in [0.717, 1.165) is 5.56 Å². The minimum atomic E-state index is -0.612. The van der Waals surface area contributed by atoms with Crippen molar-refractivity contribution < 1.29 is 14.3 Å². The zero-order chi connectivity index (χ0) is 14.4. The van der Waals surface area contributed by atoms with Gasteiger partial charge in [0.2, 0.25) is 5.91 Å². The Labute approximate surface area is 117 Å². The maximum Gasteiger partial charge on any atom is 0.417 e. The summed E-state index contributed by atoms with van der Waals surface area (Å²) in [5.74, 6) is -0.217. The highest BCUT2D eigenvalue weighted by Crippen LogP contribution is 2.23. The summed E-state index contributed by atoms with van der Waals surface area (Å²) < 4.78 is 5.18. The van der Waals surface area contributed by atoms with Crippen LogP contribution in [-0.2, 0) is 16.1 Å². The second kappa shape index (κ2) is 6.71. The lowest BCUT2D eigenvalue weighted by atomic mass is 10.1. The van der Waals surface area contributed by atoms with E-state index in [-0.39, 0.29) is 18.6 Å². The fourth-order valence-electron chi connectivity index (χ4n) is 2.29. The summed E-state index contributed by atoms with van der Waals surface area (Å²) in [6, 6.07) is 11.1. The Hall–Kier alpha value is -2.35. The van der Waals surface area contributed by atoms with Crippen LogP contribution in [-0.4, -0.2) is 22.9 Å². The molecule has 1 atom stereocenters. The van der Waals surface area contributed by atoms with E-state index in [1.807, 2.05) is 36.4 Å². The third-order valence-electron chi connectivity index (χ3n) is 3.32. The second-order valence-electron chi connectivity index (χ2n) is 4.69. The van der Waals surface area contributed by atoms with E-state index < -0.39 is 6.09 Å². The molecule has 1 heterocycles. The molecule has 0 spiro atoms. The van der Waals surface area contributed by atoms with Gasteiger partial charge in [0.1, 0.15) is 6.61 Å². The Balaban J connectivity index is 1.93. The molecule has 2 amide bonds. The highest BCUT2D eigenvalue weighted by molar-refractivity contribution is 5.94.